The van der Waals surface area contributed by atoms with Gasteiger partial charge in [-0.1, -0.05) is 0 Å². The topological polar surface area (TPSA) is 30.3 Å². The van der Waals surface area contributed by atoms with E-state index in [1.165, 1.54) is 4.90 Å². The molecule has 1 aromatic heterocycles. The Balaban J connectivity index is 1.76. The van der Waals surface area contributed by atoms with Gasteiger partial charge in [0.2, 0.25) is 0 Å². The largest absolute Gasteiger partial charge is 0.379 e. The van der Waals surface area contributed by atoms with E-state index in [-0.39, 0.29) is 0 Å². The number of rotatable bonds is 4. The van der Waals surface area contributed by atoms with Crippen LogP contribution in [0.4, 0.5) is 0 Å². The average Bonchev–Trinajstić information content (AvgIpc) is 2.76. The average molecular weight is 227 g/mol. The molecule has 1 aromatic rings. The molecule has 0 aliphatic carbocycles. The summed E-state index contributed by atoms with van der Waals surface area (Å²) in [6.45, 7) is 5.89. The number of hydrogen-bond donors (Lipinski definition) is 0. The van der Waals surface area contributed by atoms with Gasteiger partial charge in [0.1, 0.15) is 0 Å². The van der Waals surface area contributed by atoms with E-state index < -0.39 is 0 Å². The van der Waals surface area contributed by atoms with Crippen molar-refractivity contribution >= 4 is 11.8 Å². The van der Waals surface area contributed by atoms with Crippen LogP contribution in [-0.2, 0) is 11.3 Å². The molecule has 84 valence electrons. The van der Waals surface area contributed by atoms with Gasteiger partial charge in [0.15, 0.2) is 0 Å². The summed E-state index contributed by atoms with van der Waals surface area (Å²) in [5.74, 6) is 0. The normalized spacial score (nSPS) is 18.2. The van der Waals surface area contributed by atoms with Gasteiger partial charge in [-0.25, -0.2) is 0 Å². The van der Waals surface area contributed by atoms with Crippen LogP contribution >= 0.6 is 11.8 Å². The first-order valence-electron chi connectivity index (χ1n) is 5.25. The Kier molecular flexibility index (Phi) is 4.05. The molecule has 1 aliphatic rings. The molecule has 15 heavy (non-hydrogen) atoms. The Bertz CT molecular complexity index is 297. The Hall–Kier alpha value is -0.520. The first-order valence-corrected chi connectivity index (χ1v) is 6.47. The Labute approximate surface area is 94.6 Å². The molecule has 1 fully saturated rings. The molecule has 0 bridgehead atoms. The predicted molar refractivity (Wildman–Crippen MR) is 61.3 cm³/mol. The maximum absolute atomic E-state index is 5.31. The first-order chi connectivity index (χ1) is 7.38. The maximum atomic E-state index is 5.31. The highest BCUT2D eigenvalue weighted by atomic mass is 32.2. The summed E-state index contributed by atoms with van der Waals surface area (Å²) in [5.41, 5.74) is 0. The second-order valence-electron chi connectivity index (χ2n) is 3.60. The third kappa shape index (κ3) is 3.22. The zero-order valence-corrected chi connectivity index (χ0v) is 9.87. The van der Waals surface area contributed by atoms with E-state index in [2.05, 4.69) is 22.5 Å². The van der Waals surface area contributed by atoms with Crippen LogP contribution in [0.3, 0.4) is 0 Å². The van der Waals surface area contributed by atoms with E-state index in [4.69, 9.17) is 4.74 Å². The van der Waals surface area contributed by atoms with Crippen LogP contribution in [0.2, 0.25) is 0 Å². The second kappa shape index (κ2) is 5.53. The molecule has 0 atom stereocenters. The van der Waals surface area contributed by atoms with Crippen molar-refractivity contribution in [1.29, 1.82) is 0 Å². The minimum Gasteiger partial charge on any atom is -0.379 e. The second-order valence-corrected chi connectivity index (χ2v) is 4.48. The van der Waals surface area contributed by atoms with E-state index in [1.807, 2.05) is 10.9 Å². The van der Waals surface area contributed by atoms with Crippen LogP contribution in [0.25, 0.3) is 0 Å². The van der Waals surface area contributed by atoms with Gasteiger partial charge < -0.3 is 4.74 Å². The number of aromatic nitrogens is 2. The van der Waals surface area contributed by atoms with Crippen LogP contribution in [0.5, 0.6) is 0 Å². The molecule has 1 aliphatic heterocycles. The van der Waals surface area contributed by atoms with E-state index in [1.54, 1.807) is 11.8 Å². The predicted octanol–water partition coefficient (Wildman–Crippen LogP) is 0.937. The zero-order chi connectivity index (χ0) is 10.5. The molecule has 0 amide bonds. The molecular formula is C10H17N3OS. The van der Waals surface area contributed by atoms with E-state index in [0.717, 1.165) is 39.4 Å². The van der Waals surface area contributed by atoms with Crippen LogP contribution in [-0.4, -0.2) is 53.8 Å². The minimum absolute atomic E-state index is 0.870. The lowest BCUT2D eigenvalue weighted by atomic mass is 10.4. The number of nitrogens with zero attached hydrogens (tertiary/aromatic N) is 3. The summed E-state index contributed by atoms with van der Waals surface area (Å²) in [6, 6.07) is 0. The summed E-state index contributed by atoms with van der Waals surface area (Å²) < 4.78 is 7.32. The van der Waals surface area contributed by atoms with Crippen LogP contribution < -0.4 is 0 Å². The van der Waals surface area contributed by atoms with Gasteiger partial charge in [0.25, 0.3) is 0 Å². The highest BCUT2D eigenvalue weighted by Gasteiger charge is 2.09. The van der Waals surface area contributed by atoms with Gasteiger partial charge in [0.05, 0.1) is 26.0 Å². The fourth-order valence-electron chi connectivity index (χ4n) is 1.64. The standard InChI is InChI=1S/C10H17N3OS/c1-15-10-8-11-13(9-10)3-2-12-4-6-14-7-5-12/h8-9H,2-7H2,1H3. The molecule has 2 heterocycles. The molecule has 0 saturated carbocycles. The van der Waals surface area contributed by atoms with Gasteiger partial charge in [-0.3, -0.25) is 9.58 Å². The van der Waals surface area contributed by atoms with E-state index in [0.29, 0.717) is 0 Å². The summed E-state index contributed by atoms with van der Waals surface area (Å²) in [4.78, 5) is 3.65. The van der Waals surface area contributed by atoms with Gasteiger partial charge in [-0.2, -0.15) is 5.10 Å². The lowest BCUT2D eigenvalue weighted by Crippen LogP contribution is -2.38. The van der Waals surface area contributed by atoms with Crippen molar-refractivity contribution in [3.63, 3.8) is 0 Å². The fraction of sp³-hybridized carbons (Fsp3) is 0.700. The summed E-state index contributed by atoms with van der Waals surface area (Å²) in [5, 5.41) is 4.31. The fourth-order valence-corrected chi connectivity index (χ4v) is 2.02. The number of hydrogen-bond acceptors (Lipinski definition) is 4. The first kappa shape index (κ1) is 11.0. The maximum Gasteiger partial charge on any atom is 0.0625 e. The highest BCUT2D eigenvalue weighted by Crippen LogP contribution is 2.11. The molecular weight excluding hydrogens is 210 g/mol. The molecule has 0 unspecified atom stereocenters. The monoisotopic (exact) mass is 227 g/mol. The summed E-state index contributed by atoms with van der Waals surface area (Å²) in [7, 11) is 0. The van der Waals surface area contributed by atoms with Crippen molar-refractivity contribution in [2.45, 2.75) is 11.4 Å². The molecule has 0 aromatic carbocycles. The molecule has 0 spiro atoms. The lowest BCUT2D eigenvalue weighted by Gasteiger charge is -2.26. The smallest absolute Gasteiger partial charge is 0.0625 e. The van der Waals surface area contributed by atoms with Crippen LogP contribution in [0.1, 0.15) is 0 Å². The number of ether oxygens (including phenoxy) is 1. The summed E-state index contributed by atoms with van der Waals surface area (Å²) in [6.07, 6.45) is 6.10. The van der Waals surface area contributed by atoms with Crippen molar-refractivity contribution in [3.8, 4) is 0 Å². The van der Waals surface area contributed by atoms with E-state index in [9.17, 15) is 0 Å². The Morgan fingerprint density at radius 1 is 1.40 bits per heavy atom. The molecule has 0 N–H and O–H groups in total. The quantitative estimate of drug-likeness (QED) is 0.716. The SMILES string of the molecule is CSc1cnn(CCN2CCOCC2)c1. The van der Waals surface area contributed by atoms with Crippen molar-refractivity contribution in [1.82, 2.24) is 14.7 Å². The van der Waals surface area contributed by atoms with Crippen molar-refractivity contribution < 1.29 is 4.74 Å². The number of morpholine rings is 1. The zero-order valence-electron chi connectivity index (χ0n) is 9.06. The van der Waals surface area contributed by atoms with Crippen LogP contribution in [0, 0.1) is 0 Å². The molecule has 2 rings (SSSR count). The molecule has 0 radical (unpaired) electrons. The van der Waals surface area contributed by atoms with Gasteiger partial charge >= 0.3 is 0 Å². The number of thioether (sulfide) groups is 1. The van der Waals surface area contributed by atoms with Gasteiger partial charge in [-0.15, -0.1) is 11.8 Å². The molecule has 1 saturated heterocycles. The third-order valence-electron chi connectivity index (χ3n) is 2.59. The van der Waals surface area contributed by atoms with Gasteiger partial charge in [0, 0.05) is 30.7 Å². The minimum atomic E-state index is 0.870. The molecule has 4 nitrogen and oxygen atoms in total. The van der Waals surface area contributed by atoms with Gasteiger partial charge in [-0.05, 0) is 6.26 Å². The van der Waals surface area contributed by atoms with E-state index >= 15 is 0 Å². The van der Waals surface area contributed by atoms with Crippen molar-refractivity contribution in [3.05, 3.63) is 12.4 Å². The molecule has 5 heteroatoms. The Morgan fingerprint density at radius 2 is 2.20 bits per heavy atom. The highest BCUT2D eigenvalue weighted by molar-refractivity contribution is 7.98. The van der Waals surface area contributed by atoms with Crippen molar-refractivity contribution in [2.24, 2.45) is 0 Å². The lowest BCUT2D eigenvalue weighted by molar-refractivity contribution is 0.0359. The summed E-state index contributed by atoms with van der Waals surface area (Å²) >= 11 is 1.73. The van der Waals surface area contributed by atoms with Crippen LogP contribution in [0.15, 0.2) is 17.3 Å². The Morgan fingerprint density at radius 3 is 2.87 bits per heavy atom. The van der Waals surface area contributed by atoms with Crippen molar-refractivity contribution in [2.75, 3.05) is 39.1 Å². The third-order valence-corrected chi connectivity index (χ3v) is 3.28.